The largest absolute Gasteiger partial charge is 0.350 e. The maximum Gasteiger partial charge on any atom is 0.217 e. The smallest absolute Gasteiger partial charge is 0.217 e. The summed E-state index contributed by atoms with van der Waals surface area (Å²) in [5.41, 5.74) is 1.01. The third-order valence-corrected chi connectivity index (χ3v) is 2.12. The number of amides is 1. The molecule has 0 radical (unpaired) electrons. The van der Waals surface area contributed by atoms with Gasteiger partial charge in [-0.2, -0.15) is 0 Å². The van der Waals surface area contributed by atoms with Crippen LogP contribution in [0.3, 0.4) is 0 Å². The number of hydrogen-bond donors (Lipinski definition) is 1. The molecular formula is C7H10N2OS. The van der Waals surface area contributed by atoms with Gasteiger partial charge in [0.2, 0.25) is 5.91 Å². The summed E-state index contributed by atoms with van der Waals surface area (Å²) in [7, 11) is 0. The molecule has 0 aliphatic heterocycles. The van der Waals surface area contributed by atoms with Crippen LogP contribution in [-0.2, 0) is 11.3 Å². The average molecular weight is 170 g/mol. The number of thiazole rings is 1. The fraction of sp³-hybridized carbons (Fsp3) is 0.429. The number of rotatable bonds is 2. The van der Waals surface area contributed by atoms with Crippen molar-refractivity contribution in [1.29, 1.82) is 0 Å². The van der Waals surface area contributed by atoms with Crippen molar-refractivity contribution in [3.05, 3.63) is 16.1 Å². The molecule has 3 nitrogen and oxygen atoms in total. The normalized spacial score (nSPS) is 9.64. The van der Waals surface area contributed by atoms with Gasteiger partial charge in [0.15, 0.2) is 0 Å². The molecular weight excluding hydrogens is 160 g/mol. The maximum atomic E-state index is 10.5. The Kier molecular flexibility index (Phi) is 2.59. The van der Waals surface area contributed by atoms with Crippen LogP contribution < -0.4 is 5.32 Å². The van der Waals surface area contributed by atoms with Crippen molar-refractivity contribution in [1.82, 2.24) is 10.3 Å². The van der Waals surface area contributed by atoms with Crippen LogP contribution in [0.1, 0.15) is 17.6 Å². The third-order valence-electron chi connectivity index (χ3n) is 1.16. The second kappa shape index (κ2) is 3.48. The minimum atomic E-state index is -0.0159. The summed E-state index contributed by atoms with van der Waals surface area (Å²) in [6, 6.07) is 0. The van der Waals surface area contributed by atoms with E-state index in [4.69, 9.17) is 0 Å². The lowest BCUT2D eigenvalue weighted by Crippen LogP contribution is -2.18. The standard InChI is InChI=1S/C7H10N2OS/c1-5-4-11-7(9-5)3-8-6(2)10/h4H,3H2,1-2H3,(H,8,10). The number of aromatic nitrogens is 1. The van der Waals surface area contributed by atoms with Gasteiger partial charge < -0.3 is 5.32 Å². The molecule has 1 aromatic heterocycles. The summed E-state index contributed by atoms with van der Waals surface area (Å²) >= 11 is 1.57. The van der Waals surface area contributed by atoms with E-state index in [1.165, 1.54) is 6.92 Å². The summed E-state index contributed by atoms with van der Waals surface area (Å²) < 4.78 is 0. The van der Waals surface area contributed by atoms with Gasteiger partial charge in [0, 0.05) is 18.0 Å². The van der Waals surface area contributed by atoms with Crippen LogP contribution in [0.15, 0.2) is 5.38 Å². The number of carbonyl (C=O) groups is 1. The van der Waals surface area contributed by atoms with Gasteiger partial charge in [0.1, 0.15) is 5.01 Å². The fourth-order valence-corrected chi connectivity index (χ4v) is 1.40. The maximum absolute atomic E-state index is 10.5. The Morgan fingerprint density at radius 2 is 2.55 bits per heavy atom. The van der Waals surface area contributed by atoms with E-state index in [0.29, 0.717) is 6.54 Å². The second-order valence-corrected chi connectivity index (χ2v) is 3.24. The van der Waals surface area contributed by atoms with Gasteiger partial charge in [0.05, 0.1) is 6.54 Å². The molecule has 0 aliphatic carbocycles. The molecule has 11 heavy (non-hydrogen) atoms. The van der Waals surface area contributed by atoms with Crippen LogP contribution in [0, 0.1) is 6.92 Å². The van der Waals surface area contributed by atoms with Crippen LogP contribution in [0.2, 0.25) is 0 Å². The van der Waals surface area contributed by atoms with Gasteiger partial charge in [0.25, 0.3) is 0 Å². The Labute approximate surface area is 69.5 Å². The molecule has 1 heterocycles. The molecule has 0 atom stereocenters. The van der Waals surface area contributed by atoms with E-state index in [-0.39, 0.29) is 5.91 Å². The van der Waals surface area contributed by atoms with Crippen molar-refractivity contribution in [2.45, 2.75) is 20.4 Å². The molecule has 0 saturated carbocycles. The monoisotopic (exact) mass is 170 g/mol. The lowest BCUT2D eigenvalue weighted by molar-refractivity contribution is -0.119. The number of hydrogen-bond acceptors (Lipinski definition) is 3. The first-order valence-electron chi connectivity index (χ1n) is 3.34. The molecule has 0 spiro atoms. The molecule has 1 amide bonds. The second-order valence-electron chi connectivity index (χ2n) is 2.29. The third kappa shape index (κ3) is 2.67. The van der Waals surface area contributed by atoms with Gasteiger partial charge in [-0.15, -0.1) is 11.3 Å². The van der Waals surface area contributed by atoms with E-state index >= 15 is 0 Å². The van der Waals surface area contributed by atoms with Crippen LogP contribution in [0.4, 0.5) is 0 Å². The highest BCUT2D eigenvalue weighted by Crippen LogP contribution is 2.07. The number of aryl methyl sites for hydroxylation is 1. The highest BCUT2D eigenvalue weighted by atomic mass is 32.1. The van der Waals surface area contributed by atoms with Gasteiger partial charge in [-0.05, 0) is 6.92 Å². The molecule has 1 N–H and O–H groups in total. The quantitative estimate of drug-likeness (QED) is 0.721. The Hall–Kier alpha value is -0.900. The predicted octanol–water partition coefficient (Wildman–Crippen LogP) is 1.09. The zero-order chi connectivity index (χ0) is 8.27. The molecule has 0 saturated heterocycles. The summed E-state index contributed by atoms with van der Waals surface area (Å²) in [5, 5.41) is 5.61. The van der Waals surface area contributed by atoms with Crippen molar-refractivity contribution < 1.29 is 4.79 Å². The van der Waals surface area contributed by atoms with E-state index in [1.54, 1.807) is 11.3 Å². The summed E-state index contributed by atoms with van der Waals surface area (Å²) in [6.45, 7) is 3.99. The summed E-state index contributed by atoms with van der Waals surface area (Å²) in [4.78, 5) is 14.7. The zero-order valence-electron chi connectivity index (χ0n) is 6.55. The highest BCUT2D eigenvalue weighted by molar-refractivity contribution is 7.09. The molecule has 0 aromatic carbocycles. The van der Waals surface area contributed by atoms with E-state index in [9.17, 15) is 4.79 Å². The highest BCUT2D eigenvalue weighted by Gasteiger charge is 1.97. The molecule has 0 fully saturated rings. The Morgan fingerprint density at radius 3 is 3.00 bits per heavy atom. The van der Waals surface area contributed by atoms with Crippen LogP contribution in [0.25, 0.3) is 0 Å². The molecule has 60 valence electrons. The van der Waals surface area contributed by atoms with Gasteiger partial charge in [-0.1, -0.05) is 0 Å². The van der Waals surface area contributed by atoms with Gasteiger partial charge in [-0.3, -0.25) is 4.79 Å². The van der Waals surface area contributed by atoms with E-state index in [0.717, 1.165) is 10.7 Å². The van der Waals surface area contributed by atoms with Crippen LogP contribution in [-0.4, -0.2) is 10.9 Å². The minimum absolute atomic E-state index is 0.0159. The van der Waals surface area contributed by atoms with Crippen molar-refractivity contribution in [2.24, 2.45) is 0 Å². The van der Waals surface area contributed by atoms with Gasteiger partial charge >= 0.3 is 0 Å². The van der Waals surface area contributed by atoms with E-state index < -0.39 is 0 Å². The van der Waals surface area contributed by atoms with Gasteiger partial charge in [-0.25, -0.2) is 4.98 Å². The molecule has 1 rings (SSSR count). The average Bonchev–Trinajstić information content (AvgIpc) is 2.31. The fourth-order valence-electron chi connectivity index (χ4n) is 0.684. The summed E-state index contributed by atoms with van der Waals surface area (Å²) in [5.74, 6) is -0.0159. The zero-order valence-corrected chi connectivity index (χ0v) is 7.36. The van der Waals surface area contributed by atoms with E-state index in [2.05, 4.69) is 10.3 Å². The number of nitrogens with one attached hydrogen (secondary N) is 1. The van der Waals surface area contributed by atoms with Crippen molar-refractivity contribution in [3.63, 3.8) is 0 Å². The Bertz CT molecular complexity index is 257. The number of carbonyl (C=O) groups excluding carboxylic acids is 1. The lowest BCUT2D eigenvalue weighted by atomic mass is 10.5. The lowest BCUT2D eigenvalue weighted by Gasteiger charge is -1.95. The Balaban J connectivity index is 2.45. The van der Waals surface area contributed by atoms with Crippen molar-refractivity contribution in [2.75, 3.05) is 0 Å². The Morgan fingerprint density at radius 1 is 1.82 bits per heavy atom. The van der Waals surface area contributed by atoms with Crippen molar-refractivity contribution in [3.8, 4) is 0 Å². The number of nitrogens with zero attached hydrogens (tertiary/aromatic N) is 1. The van der Waals surface area contributed by atoms with Crippen LogP contribution in [0.5, 0.6) is 0 Å². The molecule has 0 aliphatic rings. The molecule has 4 heteroatoms. The predicted molar refractivity (Wildman–Crippen MR) is 44.4 cm³/mol. The molecule has 0 unspecified atom stereocenters. The van der Waals surface area contributed by atoms with E-state index in [1.807, 2.05) is 12.3 Å². The first-order valence-corrected chi connectivity index (χ1v) is 4.22. The molecule has 1 aromatic rings. The summed E-state index contributed by atoms with van der Waals surface area (Å²) in [6.07, 6.45) is 0. The van der Waals surface area contributed by atoms with Crippen LogP contribution >= 0.6 is 11.3 Å². The minimum Gasteiger partial charge on any atom is -0.350 e. The first-order chi connectivity index (χ1) is 5.18. The molecule has 0 bridgehead atoms. The SMILES string of the molecule is CC(=O)NCc1nc(C)cs1. The van der Waals surface area contributed by atoms with Crippen molar-refractivity contribution >= 4 is 17.2 Å². The first kappa shape index (κ1) is 8.20. The topological polar surface area (TPSA) is 42.0 Å².